The van der Waals surface area contributed by atoms with E-state index in [2.05, 4.69) is 21.4 Å². The third-order valence-corrected chi connectivity index (χ3v) is 5.34. The molecule has 0 bridgehead atoms. The van der Waals surface area contributed by atoms with Gasteiger partial charge in [-0.15, -0.1) is 0 Å². The first-order chi connectivity index (χ1) is 16.9. The number of aromatic nitrogens is 2. The summed E-state index contributed by atoms with van der Waals surface area (Å²) in [6.45, 7) is 4.05. The van der Waals surface area contributed by atoms with Gasteiger partial charge in [-0.25, -0.2) is 4.98 Å². The molecular formula is C27H30N4O4. The molecule has 1 unspecified atom stereocenters. The van der Waals surface area contributed by atoms with Gasteiger partial charge in [-0.3, -0.25) is 4.79 Å². The van der Waals surface area contributed by atoms with Crippen molar-refractivity contribution in [1.82, 2.24) is 15.3 Å². The van der Waals surface area contributed by atoms with Crippen molar-refractivity contribution in [1.29, 1.82) is 5.26 Å². The first-order valence-corrected chi connectivity index (χ1v) is 11.6. The normalized spacial score (nSPS) is 11.6. The smallest absolute Gasteiger partial charge is 0.251 e. The van der Waals surface area contributed by atoms with E-state index in [-0.39, 0.29) is 12.0 Å². The van der Waals surface area contributed by atoms with Crippen LogP contribution in [0.25, 0.3) is 11.3 Å². The van der Waals surface area contributed by atoms with Crippen LogP contribution in [0.5, 0.6) is 5.75 Å². The second-order valence-electron chi connectivity index (χ2n) is 8.53. The molecule has 3 rings (SSSR count). The zero-order valence-corrected chi connectivity index (χ0v) is 20.0. The van der Waals surface area contributed by atoms with E-state index in [1.54, 1.807) is 12.1 Å². The number of imidazole rings is 1. The average Bonchev–Trinajstić information content (AvgIpc) is 3.32. The molecule has 3 N–H and O–H groups in total. The highest BCUT2D eigenvalue weighted by Gasteiger charge is 2.13. The van der Waals surface area contributed by atoms with Crippen LogP contribution in [0, 0.1) is 11.3 Å². The van der Waals surface area contributed by atoms with Gasteiger partial charge in [0.25, 0.3) is 5.91 Å². The summed E-state index contributed by atoms with van der Waals surface area (Å²) in [7, 11) is 0. The molecule has 1 heterocycles. The van der Waals surface area contributed by atoms with Crippen molar-refractivity contribution in [2.24, 2.45) is 0 Å². The zero-order valence-electron chi connectivity index (χ0n) is 20.0. The standard InChI is InChI=1S/C27H30N4O4/c1-18(2)35-25-10-9-21(15-22(25)16-28)27(34)29-12-11-23(33)14-19-5-7-20(8-6-19)24-17-30-26(31-24)4-3-13-32/h5-10,13,15,17-18,23,33H,3-4,11-12,14H2,1-2H3,(H,29,34)(H,30,31). The summed E-state index contributed by atoms with van der Waals surface area (Å²) in [6.07, 6.45) is 3.88. The summed E-state index contributed by atoms with van der Waals surface area (Å²) in [5.41, 5.74) is 3.41. The van der Waals surface area contributed by atoms with Crippen molar-refractivity contribution in [3.8, 4) is 23.1 Å². The minimum atomic E-state index is -0.613. The van der Waals surface area contributed by atoms with Crippen LogP contribution in [0.4, 0.5) is 0 Å². The lowest BCUT2D eigenvalue weighted by Gasteiger charge is -2.13. The van der Waals surface area contributed by atoms with Gasteiger partial charge in [0.05, 0.1) is 23.5 Å². The van der Waals surface area contributed by atoms with Crippen molar-refractivity contribution in [3.63, 3.8) is 0 Å². The van der Waals surface area contributed by atoms with Gasteiger partial charge in [0, 0.05) is 36.7 Å². The van der Waals surface area contributed by atoms with Crippen LogP contribution in [-0.2, 0) is 17.6 Å². The summed E-state index contributed by atoms with van der Waals surface area (Å²) < 4.78 is 5.58. The highest BCUT2D eigenvalue weighted by atomic mass is 16.5. The number of carbonyl (C=O) groups is 2. The molecule has 8 heteroatoms. The third-order valence-electron chi connectivity index (χ3n) is 5.34. The van der Waals surface area contributed by atoms with Crippen molar-refractivity contribution < 1.29 is 19.4 Å². The number of aliphatic hydroxyl groups is 1. The molecule has 0 fully saturated rings. The first kappa shape index (κ1) is 25.7. The molecule has 1 atom stereocenters. The fourth-order valence-electron chi connectivity index (χ4n) is 3.59. The Labute approximate surface area is 205 Å². The highest BCUT2D eigenvalue weighted by Crippen LogP contribution is 2.21. The van der Waals surface area contributed by atoms with Crippen LogP contribution >= 0.6 is 0 Å². The van der Waals surface area contributed by atoms with E-state index in [9.17, 15) is 20.0 Å². The van der Waals surface area contributed by atoms with E-state index in [0.29, 0.717) is 49.1 Å². The van der Waals surface area contributed by atoms with Gasteiger partial charge in [-0.1, -0.05) is 24.3 Å². The van der Waals surface area contributed by atoms with E-state index in [0.717, 1.165) is 28.9 Å². The molecule has 0 aliphatic carbocycles. The minimum absolute atomic E-state index is 0.0724. The maximum absolute atomic E-state index is 12.4. The molecule has 8 nitrogen and oxygen atoms in total. The Morgan fingerprint density at radius 3 is 2.71 bits per heavy atom. The topological polar surface area (TPSA) is 128 Å². The van der Waals surface area contributed by atoms with Crippen LogP contribution in [0.2, 0.25) is 0 Å². The monoisotopic (exact) mass is 474 g/mol. The summed E-state index contributed by atoms with van der Waals surface area (Å²) in [6, 6.07) is 14.6. The molecule has 35 heavy (non-hydrogen) atoms. The number of carbonyl (C=O) groups excluding carboxylic acids is 2. The lowest BCUT2D eigenvalue weighted by molar-refractivity contribution is -0.107. The summed E-state index contributed by atoms with van der Waals surface area (Å²) in [4.78, 5) is 30.5. The van der Waals surface area contributed by atoms with Crippen molar-refractivity contribution in [3.05, 3.63) is 71.2 Å². The van der Waals surface area contributed by atoms with Gasteiger partial charge in [0.15, 0.2) is 0 Å². The van der Waals surface area contributed by atoms with Crippen LogP contribution in [-0.4, -0.2) is 46.0 Å². The number of H-pyrrole nitrogens is 1. The Morgan fingerprint density at radius 2 is 2.03 bits per heavy atom. The molecule has 0 saturated heterocycles. The van der Waals surface area contributed by atoms with Crippen LogP contribution in [0.1, 0.15) is 54.0 Å². The number of hydrogen-bond acceptors (Lipinski definition) is 6. The number of rotatable bonds is 12. The Balaban J connectivity index is 1.47. The van der Waals surface area contributed by atoms with Gasteiger partial charge in [-0.2, -0.15) is 5.26 Å². The fraction of sp³-hybridized carbons (Fsp3) is 0.333. The molecule has 0 aliphatic heterocycles. The lowest BCUT2D eigenvalue weighted by atomic mass is 10.0. The van der Waals surface area contributed by atoms with Crippen molar-refractivity contribution in [2.45, 2.75) is 51.7 Å². The fourth-order valence-corrected chi connectivity index (χ4v) is 3.59. The lowest BCUT2D eigenvalue weighted by Crippen LogP contribution is -2.27. The highest BCUT2D eigenvalue weighted by molar-refractivity contribution is 5.94. The average molecular weight is 475 g/mol. The van der Waals surface area contributed by atoms with Gasteiger partial charge in [0.2, 0.25) is 0 Å². The van der Waals surface area contributed by atoms with E-state index in [1.807, 2.05) is 44.3 Å². The number of aldehydes is 1. The maximum atomic E-state index is 12.4. The number of hydrogen-bond donors (Lipinski definition) is 3. The predicted molar refractivity (Wildman–Crippen MR) is 132 cm³/mol. The number of aromatic amines is 1. The summed E-state index contributed by atoms with van der Waals surface area (Å²) in [5, 5.41) is 22.5. The number of nitrogens with zero attached hydrogens (tertiary/aromatic N) is 2. The molecule has 182 valence electrons. The second-order valence-corrected chi connectivity index (χ2v) is 8.53. The first-order valence-electron chi connectivity index (χ1n) is 11.6. The number of amides is 1. The minimum Gasteiger partial charge on any atom is -0.490 e. The maximum Gasteiger partial charge on any atom is 0.251 e. The Morgan fingerprint density at radius 1 is 1.26 bits per heavy atom. The Bertz CT molecular complexity index is 1180. The number of benzene rings is 2. The molecule has 0 spiro atoms. The Hall–Kier alpha value is -3.96. The van der Waals surface area contributed by atoms with E-state index >= 15 is 0 Å². The van der Waals surface area contributed by atoms with E-state index in [1.165, 1.54) is 6.07 Å². The number of ether oxygens (including phenoxy) is 1. The number of nitriles is 1. The van der Waals surface area contributed by atoms with Crippen LogP contribution < -0.4 is 10.1 Å². The van der Waals surface area contributed by atoms with Gasteiger partial charge >= 0.3 is 0 Å². The zero-order chi connectivity index (χ0) is 25.2. The van der Waals surface area contributed by atoms with E-state index in [4.69, 9.17) is 4.74 Å². The number of aryl methyl sites for hydroxylation is 1. The molecule has 3 aromatic rings. The molecule has 1 aromatic heterocycles. The predicted octanol–water partition coefficient (Wildman–Crippen LogP) is 3.59. The number of aliphatic hydroxyl groups excluding tert-OH is 1. The SMILES string of the molecule is CC(C)Oc1ccc(C(=O)NCCC(O)Cc2ccc(-c3c[nH]c(CCC=O)n3)cc2)cc1C#N. The number of nitrogens with one attached hydrogen (secondary N) is 2. The quantitative estimate of drug-likeness (QED) is 0.344. The second kappa shape index (κ2) is 12.5. The molecule has 0 saturated carbocycles. The Kier molecular flexibility index (Phi) is 9.16. The van der Waals surface area contributed by atoms with E-state index < -0.39 is 6.10 Å². The van der Waals surface area contributed by atoms with Gasteiger partial charge < -0.3 is 24.9 Å². The van der Waals surface area contributed by atoms with Crippen LogP contribution in [0.3, 0.4) is 0 Å². The summed E-state index contributed by atoms with van der Waals surface area (Å²) >= 11 is 0. The van der Waals surface area contributed by atoms with Gasteiger partial charge in [0.1, 0.15) is 23.9 Å². The largest absolute Gasteiger partial charge is 0.490 e. The third kappa shape index (κ3) is 7.52. The molecular weight excluding hydrogens is 444 g/mol. The van der Waals surface area contributed by atoms with Crippen molar-refractivity contribution in [2.75, 3.05) is 6.54 Å². The molecule has 2 aromatic carbocycles. The van der Waals surface area contributed by atoms with Crippen molar-refractivity contribution >= 4 is 12.2 Å². The van der Waals surface area contributed by atoms with Crippen LogP contribution in [0.15, 0.2) is 48.7 Å². The van der Waals surface area contributed by atoms with Gasteiger partial charge in [-0.05, 0) is 50.5 Å². The molecule has 1 amide bonds. The molecule has 0 aliphatic rings. The molecule has 0 radical (unpaired) electrons. The summed E-state index contributed by atoms with van der Waals surface area (Å²) in [5.74, 6) is 0.920.